The maximum atomic E-state index is 12.2. The number of aliphatic carboxylic acids is 1. The molecule has 1 amide bonds. The lowest BCUT2D eigenvalue weighted by molar-refractivity contribution is -0.147. The average molecular weight is 283 g/mol. The van der Waals surface area contributed by atoms with Gasteiger partial charge < -0.3 is 9.84 Å². The van der Waals surface area contributed by atoms with E-state index in [0.29, 0.717) is 12.5 Å². The number of carboxylic acid groups (broad SMARTS) is 1. The van der Waals surface area contributed by atoms with Crippen molar-refractivity contribution in [1.29, 1.82) is 0 Å². The first kappa shape index (κ1) is 15.1. The Bertz CT molecular complexity index is 384. The number of carbonyl (C=O) groups is 2. The summed E-state index contributed by atoms with van der Waals surface area (Å²) in [6, 6.07) is -0.723. The van der Waals surface area contributed by atoms with Gasteiger partial charge in [-0.2, -0.15) is 0 Å². The molecule has 1 aliphatic carbocycles. The fraction of sp³-hybridized carbons (Fsp3) is 0.867. The summed E-state index contributed by atoms with van der Waals surface area (Å²) in [7, 11) is 0. The van der Waals surface area contributed by atoms with E-state index in [1.807, 2.05) is 0 Å². The molecule has 5 nitrogen and oxygen atoms in total. The number of piperidine rings is 1. The average Bonchev–Trinajstić information content (AvgIpc) is 3.10. The number of hydrogen-bond donors (Lipinski definition) is 1. The summed E-state index contributed by atoms with van der Waals surface area (Å²) >= 11 is 0. The predicted octanol–water partition coefficient (Wildman–Crippen LogP) is 2.89. The predicted molar refractivity (Wildman–Crippen MR) is 74.4 cm³/mol. The van der Waals surface area contributed by atoms with Gasteiger partial charge in [-0.1, -0.05) is 12.8 Å². The first-order chi connectivity index (χ1) is 9.28. The van der Waals surface area contributed by atoms with Gasteiger partial charge in [-0.05, 0) is 51.9 Å². The zero-order chi connectivity index (χ0) is 14.9. The molecule has 1 heterocycles. The molecule has 0 aromatic heterocycles. The molecule has 0 radical (unpaired) electrons. The number of ether oxygens (including phenoxy) is 1. The lowest BCUT2D eigenvalue weighted by Crippen LogP contribution is -2.53. The van der Waals surface area contributed by atoms with Crippen LogP contribution in [0, 0.1) is 11.8 Å². The molecule has 1 saturated heterocycles. The lowest BCUT2D eigenvalue weighted by Gasteiger charge is -2.39. The minimum Gasteiger partial charge on any atom is -0.480 e. The Kier molecular flexibility index (Phi) is 4.25. The zero-order valence-electron chi connectivity index (χ0n) is 12.6. The standard InChI is InChI=1S/C15H25NO4/c1-15(2,3)20-14(19)16-8-4-5-11(9-10-6-7-10)12(16)13(17)18/h10-12H,4-9H2,1-3H3,(H,17,18)/t11-,12+/m1/s1. The molecule has 0 bridgehead atoms. The zero-order valence-corrected chi connectivity index (χ0v) is 12.6. The SMILES string of the molecule is CC(C)(C)OC(=O)N1CCC[C@H](CC2CC2)[C@H]1C(=O)O. The van der Waals surface area contributed by atoms with Gasteiger partial charge in [0.25, 0.3) is 0 Å². The number of hydrogen-bond acceptors (Lipinski definition) is 3. The molecule has 20 heavy (non-hydrogen) atoms. The first-order valence-electron chi connectivity index (χ1n) is 7.50. The minimum absolute atomic E-state index is 0.0706. The number of amides is 1. The molecule has 1 aliphatic heterocycles. The maximum Gasteiger partial charge on any atom is 0.411 e. The summed E-state index contributed by atoms with van der Waals surface area (Å²) < 4.78 is 5.35. The Morgan fingerprint density at radius 2 is 1.90 bits per heavy atom. The van der Waals surface area contributed by atoms with E-state index in [-0.39, 0.29) is 5.92 Å². The van der Waals surface area contributed by atoms with Gasteiger partial charge in [0.1, 0.15) is 11.6 Å². The Hall–Kier alpha value is -1.26. The first-order valence-corrected chi connectivity index (χ1v) is 7.50. The molecule has 2 aliphatic rings. The molecule has 0 unspecified atom stereocenters. The van der Waals surface area contributed by atoms with Crippen LogP contribution in [0.1, 0.15) is 52.9 Å². The number of rotatable bonds is 3. The third-order valence-corrected chi connectivity index (χ3v) is 3.97. The van der Waals surface area contributed by atoms with Crippen molar-refractivity contribution in [2.24, 2.45) is 11.8 Å². The summed E-state index contributed by atoms with van der Waals surface area (Å²) in [5.41, 5.74) is -0.594. The van der Waals surface area contributed by atoms with E-state index >= 15 is 0 Å². The smallest absolute Gasteiger partial charge is 0.411 e. The van der Waals surface area contributed by atoms with Crippen LogP contribution in [0.2, 0.25) is 0 Å². The fourth-order valence-corrected chi connectivity index (χ4v) is 2.96. The molecule has 2 fully saturated rings. The molecule has 0 spiro atoms. The second-order valence-corrected chi connectivity index (χ2v) is 7.04. The van der Waals surface area contributed by atoms with Crippen molar-refractivity contribution in [2.75, 3.05) is 6.54 Å². The number of carboxylic acids is 1. The number of carbonyl (C=O) groups excluding carboxylic acids is 1. The second-order valence-electron chi connectivity index (χ2n) is 7.04. The third kappa shape index (κ3) is 3.87. The van der Waals surface area contributed by atoms with Crippen LogP contribution in [0.15, 0.2) is 0 Å². The molecular weight excluding hydrogens is 258 g/mol. The van der Waals surface area contributed by atoms with Crippen molar-refractivity contribution < 1.29 is 19.4 Å². The molecule has 1 saturated carbocycles. The molecule has 1 N–H and O–H groups in total. The van der Waals surface area contributed by atoms with E-state index in [1.165, 1.54) is 17.7 Å². The fourth-order valence-electron chi connectivity index (χ4n) is 2.96. The van der Waals surface area contributed by atoms with E-state index in [1.54, 1.807) is 20.8 Å². The summed E-state index contributed by atoms with van der Waals surface area (Å²) in [5.74, 6) is -0.164. The minimum atomic E-state index is -0.902. The largest absolute Gasteiger partial charge is 0.480 e. The van der Waals surface area contributed by atoms with Crippen molar-refractivity contribution in [3.63, 3.8) is 0 Å². The van der Waals surface area contributed by atoms with Gasteiger partial charge in [0, 0.05) is 6.54 Å². The van der Waals surface area contributed by atoms with Gasteiger partial charge >= 0.3 is 12.1 Å². The second kappa shape index (κ2) is 5.62. The van der Waals surface area contributed by atoms with Crippen molar-refractivity contribution in [2.45, 2.75) is 64.5 Å². The van der Waals surface area contributed by atoms with Crippen molar-refractivity contribution in [3.05, 3.63) is 0 Å². The van der Waals surface area contributed by atoms with E-state index in [9.17, 15) is 14.7 Å². The Morgan fingerprint density at radius 3 is 2.40 bits per heavy atom. The summed E-state index contributed by atoms with van der Waals surface area (Å²) in [4.78, 5) is 25.2. The van der Waals surface area contributed by atoms with Gasteiger partial charge in [-0.25, -0.2) is 9.59 Å². The van der Waals surface area contributed by atoms with Crippen LogP contribution in [0.5, 0.6) is 0 Å². The van der Waals surface area contributed by atoms with Crippen LogP contribution in [-0.4, -0.2) is 40.3 Å². The van der Waals surface area contributed by atoms with Gasteiger partial charge in [0.05, 0.1) is 0 Å². The summed E-state index contributed by atoms with van der Waals surface area (Å²) in [5, 5.41) is 9.51. The molecule has 5 heteroatoms. The van der Waals surface area contributed by atoms with Crippen LogP contribution in [0.3, 0.4) is 0 Å². The molecule has 0 aromatic carbocycles. The Balaban J connectivity index is 2.08. The monoisotopic (exact) mass is 283 g/mol. The van der Waals surface area contributed by atoms with Crippen molar-refractivity contribution >= 4 is 12.1 Å². The highest BCUT2D eigenvalue weighted by Crippen LogP contribution is 2.40. The quantitative estimate of drug-likeness (QED) is 0.864. The molecule has 2 atom stereocenters. The Morgan fingerprint density at radius 1 is 1.25 bits per heavy atom. The van der Waals surface area contributed by atoms with Crippen LogP contribution >= 0.6 is 0 Å². The van der Waals surface area contributed by atoms with Gasteiger partial charge in [-0.15, -0.1) is 0 Å². The van der Waals surface area contributed by atoms with E-state index < -0.39 is 23.7 Å². The third-order valence-electron chi connectivity index (χ3n) is 3.97. The van der Waals surface area contributed by atoms with Crippen LogP contribution in [-0.2, 0) is 9.53 Å². The number of nitrogens with zero attached hydrogens (tertiary/aromatic N) is 1. The van der Waals surface area contributed by atoms with E-state index in [2.05, 4.69) is 0 Å². The molecule has 2 rings (SSSR count). The highest BCUT2D eigenvalue weighted by Gasteiger charge is 2.42. The Labute approximate surface area is 120 Å². The highest BCUT2D eigenvalue weighted by molar-refractivity contribution is 5.80. The molecule has 114 valence electrons. The highest BCUT2D eigenvalue weighted by atomic mass is 16.6. The van der Waals surface area contributed by atoms with Crippen LogP contribution < -0.4 is 0 Å². The van der Waals surface area contributed by atoms with Gasteiger partial charge in [0.15, 0.2) is 0 Å². The molecule has 0 aromatic rings. The lowest BCUT2D eigenvalue weighted by atomic mass is 9.85. The topological polar surface area (TPSA) is 66.8 Å². The van der Waals surface area contributed by atoms with Crippen LogP contribution in [0.4, 0.5) is 4.79 Å². The summed E-state index contributed by atoms with van der Waals surface area (Å²) in [6.45, 7) is 5.87. The number of likely N-dealkylation sites (tertiary alicyclic amines) is 1. The van der Waals surface area contributed by atoms with Crippen molar-refractivity contribution in [3.8, 4) is 0 Å². The van der Waals surface area contributed by atoms with Crippen molar-refractivity contribution in [1.82, 2.24) is 4.90 Å². The van der Waals surface area contributed by atoms with E-state index in [0.717, 1.165) is 19.3 Å². The van der Waals surface area contributed by atoms with Gasteiger partial charge in [-0.3, -0.25) is 4.90 Å². The van der Waals surface area contributed by atoms with Gasteiger partial charge in [0.2, 0.25) is 0 Å². The normalized spacial score (nSPS) is 27.2. The van der Waals surface area contributed by atoms with E-state index in [4.69, 9.17) is 4.74 Å². The summed E-state index contributed by atoms with van der Waals surface area (Å²) in [6.07, 6.45) is 4.60. The molecular formula is C15H25NO4. The maximum absolute atomic E-state index is 12.2. The van der Waals surface area contributed by atoms with Crippen LogP contribution in [0.25, 0.3) is 0 Å².